The molecule has 506 valence electrons. The molecular formula is C65H113N11O13. The Morgan fingerprint density at radius 1 is 0.562 bits per heavy atom. The first-order valence-electron chi connectivity index (χ1n) is 31.5. The van der Waals surface area contributed by atoms with E-state index >= 15 is 9.59 Å². The van der Waals surface area contributed by atoms with Gasteiger partial charge in [0, 0.05) is 61.7 Å². The second-order valence-electron chi connectivity index (χ2n) is 26.8. The van der Waals surface area contributed by atoms with Gasteiger partial charge in [0.15, 0.2) is 11.8 Å². The fourth-order valence-corrected chi connectivity index (χ4v) is 10.9. The van der Waals surface area contributed by atoms with Gasteiger partial charge in [0.2, 0.25) is 59.1 Å². The summed E-state index contributed by atoms with van der Waals surface area (Å²) in [5.41, 5.74) is -1.08. The lowest BCUT2D eigenvalue weighted by molar-refractivity contribution is -0.157. The maximum atomic E-state index is 15.1. The summed E-state index contributed by atoms with van der Waals surface area (Å²) in [5.74, 6) is -11.2. The van der Waals surface area contributed by atoms with Crippen molar-refractivity contribution in [3.8, 4) is 0 Å². The van der Waals surface area contributed by atoms with E-state index in [1.165, 1.54) is 88.9 Å². The summed E-state index contributed by atoms with van der Waals surface area (Å²) in [6, 6.07) is -13.1. The third-order valence-corrected chi connectivity index (χ3v) is 16.4. The average molecular weight is 1260 g/mol. The molecule has 1 aliphatic rings. The van der Waals surface area contributed by atoms with Crippen LogP contribution in [0.1, 0.15) is 156 Å². The van der Waals surface area contributed by atoms with Crippen molar-refractivity contribution < 1.29 is 62.3 Å². The molecule has 0 aromatic carbocycles. The van der Waals surface area contributed by atoms with Gasteiger partial charge in [-0.3, -0.25) is 57.5 Å². The Balaban J connectivity index is 4.41. The van der Waals surface area contributed by atoms with Crippen molar-refractivity contribution in [2.75, 3.05) is 62.5 Å². The molecule has 1 saturated heterocycles. The maximum Gasteiger partial charge on any atom is 0.251 e. The summed E-state index contributed by atoms with van der Waals surface area (Å²) < 4.78 is 6.03. The Morgan fingerprint density at radius 3 is 1.51 bits per heavy atom. The zero-order chi connectivity index (χ0) is 69.0. The van der Waals surface area contributed by atoms with Crippen LogP contribution in [0.2, 0.25) is 0 Å². The third kappa shape index (κ3) is 22.9. The highest BCUT2D eigenvalue weighted by atomic mass is 16.5. The molecular weight excluding hydrogens is 1140 g/mol. The number of hydrogen-bond donors (Lipinski definition) is 4. The normalized spacial score (nSPS) is 25.9. The molecule has 0 aromatic rings. The molecule has 11 amide bonds. The minimum Gasteiger partial charge on any atom is -0.371 e. The van der Waals surface area contributed by atoms with E-state index in [0.29, 0.717) is 0 Å². The highest BCUT2D eigenvalue weighted by Crippen LogP contribution is 2.26. The summed E-state index contributed by atoms with van der Waals surface area (Å²) in [4.78, 5) is 184. The third-order valence-electron chi connectivity index (χ3n) is 16.4. The molecule has 0 aliphatic carbocycles. The molecule has 0 unspecified atom stereocenters. The Kier molecular flexibility index (Phi) is 32.7. The van der Waals surface area contributed by atoms with Gasteiger partial charge >= 0.3 is 0 Å². The van der Waals surface area contributed by atoms with Crippen LogP contribution in [-0.2, 0) is 62.3 Å². The van der Waals surface area contributed by atoms with Gasteiger partial charge in [-0.2, -0.15) is 0 Å². The summed E-state index contributed by atoms with van der Waals surface area (Å²) in [7, 11) is 9.69. The molecule has 1 heterocycles. The van der Waals surface area contributed by atoms with E-state index in [0.717, 1.165) is 14.7 Å². The zero-order valence-electron chi connectivity index (χ0n) is 58.3. The lowest BCUT2D eigenvalue weighted by Crippen LogP contribution is -2.63. The smallest absolute Gasteiger partial charge is 0.251 e. The maximum absolute atomic E-state index is 15.1. The average Bonchev–Trinajstić information content (AvgIpc) is 2.35. The van der Waals surface area contributed by atoms with Crippen molar-refractivity contribution in [1.82, 2.24) is 55.6 Å². The molecule has 1 rings (SSSR count). The highest BCUT2D eigenvalue weighted by molar-refractivity contribution is 6.10. The van der Waals surface area contributed by atoms with Crippen molar-refractivity contribution in [2.45, 2.75) is 222 Å². The first-order chi connectivity index (χ1) is 41.1. The molecule has 0 aromatic heterocycles. The standard InChI is InChI=1S/C65H113N11O13/c1-26-29-30-42(14)54(78)53-58(82)68-45(28-3)60(84)70(19)36-50(77)71(20)49(35-65(17,18)89-31-27-2)57(81)69-51(40(10)11)63(87)72(21)46(32-37(4)5)56(80)66-43(15)55(79)67-44(16)59(83)73(22)47(33-38(6)7)61(85)74(23)48(34-39(8)9)62(86)75(24)52(41(12)13)64(88)76(53)25/h26-27,29,37-49,51-53H,2,28,30-36H2,1,3-25H3,(H,66,80)(H,67,79)(H,68,82)(H,69,81)/t42-,43+,44-,45+,46+,47+,48+,49+,51+,52+,53+/m1/s1. The Morgan fingerprint density at radius 2 is 1.03 bits per heavy atom. The summed E-state index contributed by atoms with van der Waals surface area (Å²) >= 11 is 0. The molecule has 0 bridgehead atoms. The summed E-state index contributed by atoms with van der Waals surface area (Å²) in [6.45, 7) is 32.4. The first-order valence-corrected chi connectivity index (χ1v) is 31.5. The van der Waals surface area contributed by atoms with Gasteiger partial charge in [-0.1, -0.05) is 101 Å². The summed E-state index contributed by atoms with van der Waals surface area (Å²) in [6.07, 6.45) is 5.45. The molecule has 89 heavy (non-hydrogen) atoms. The highest BCUT2D eigenvalue weighted by Gasteiger charge is 2.46. The molecule has 24 nitrogen and oxygen atoms in total. The molecule has 0 radical (unpaired) electrons. The van der Waals surface area contributed by atoms with Crippen molar-refractivity contribution in [3.05, 3.63) is 24.8 Å². The van der Waals surface area contributed by atoms with E-state index in [1.54, 1.807) is 74.5 Å². The number of carbonyl (C=O) groups excluding carboxylic acids is 12. The van der Waals surface area contributed by atoms with Gasteiger partial charge in [0.05, 0.1) is 18.8 Å². The van der Waals surface area contributed by atoms with Crippen LogP contribution < -0.4 is 21.3 Å². The van der Waals surface area contributed by atoms with E-state index in [1.807, 2.05) is 41.5 Å². The van der Waals surface area contributed by atoms with Crippen LogP contribution in [0, 0.1) is 35.5 Å². The molecule has 11 atom stereocenters. The number of ether oxygens (including phenoxy) is 1. The number of likely N-dealkylation sites (N-methyl/N-ethyl adjacent to an activating group) is 7. The van der Waals surface area contributed by atoms with Crippen molar-refractivity contribution in [1.29, 1.82) is 0 Å². The Hall–Kier alpha value is -6.72. The molecule has 4 N–H and O–H groups in total. The largest absolute Gasteiger partial charge is 0.371 e. The quantitative estimate of drug-likeness (QED) is 0.112. The van der Waals surface area contributed by atoms with Gasteiger partial charge in [0.25, 0.3) is 5.91 Å². The van der Waals surface area contributed by atoms with Crippen molar-refractivity contribution >= 4 is 70.8 Å². The van der Waals surface area contributed by atoms with E-state index < -0.39 is 161 Å². The van der Waals surface area contributed by atoms with Gasteiger partial charge in [-0.05, 0) is 96.3 Å². The van der Waals surface area contributed by atoms with Crippen molar-refractivity contribution in [2.24, 2.45) is 35.5 Å². The first kappa shape index (κ1) is 80.3. The lowest BCUT2D eigenvalue weighted by Gasteiger charge is -2.40. The van der Waals surface area contributed by atoms with Crippen LogP contribution in [0.15, 0.2) is 24.8 Å². The fraction of sp³-hybridized carbons (Fsp3) is 0.754. The summed E-state index contributed by atoms with van der Waals surface area (Å²) in [5, 5.41) is 10.9. The number of rotatable bonds is 18. The molecule has 24 heteroatoms. The van der Waals surface area contributed by atoms with E-state index in [4.69, 9.17) is 4.74 Å². The van der Waals surface area contributed by atoms with E-state index in [2.05, 4.69) is 27.8 Å². The number of amides is 11. The number of hydrogen-bond acceptors (Lipinski definition) is 13. The topological polar surface area (TPSA) is 285 Å². The number of Topliss-reactive ketones (excluding diaryl/α,β-unsaturated/α-hetero) is 1. The van der Waals surface area contributed by atoms with Crippen LogP contribution in [0.4, 0.5) is 0 Å². The van der Waals surface area contributed by atoms with Crippen LogP contribution in [0.25, 0.3) is 0 Å². The Bertz CT molecular complexity index is 2510. The number of allylic oxidation sites excluding steroid dienone is 2. The molecule has 1 fully saturated rings. The fourth-order valence-electron chi connectivity index (χ4n) is 10.9. The van der Waals surface area contributed by atoms with Gasteiger partial charge in [-0.15, -0.1) is 6.58 Å². The second-order valence-corrected chi connectivity index (χ2v) is 26.8. The Labute approximate surface area is 531 Å². The zero-order valence-corrected chi connectivity index (χ0v) is 58.3. The number of carbonyl (C=O) groups is 12. The number of ketones is 1. The molecule has 0 saturated carbocycles. The van der Waals surface area contributed by atoms with Crippen molar-refractivity contribution in [3.63, 3.8) is 0 Å². The predicted molar refractivity (Wildman–Crippen MR) is 343 cm³/mol. The van der Waals surface area contributed by atoms with Crippen LogP contribution >= 0.6 is 0 Å². The minimum atomic E-state index is -1.83. The minimum absolute atomic E-state index is 0.0331. The SMILES string of the molecule is C=CCOC(C)(C)C[C@H]1C(=O)N[C@@H](C(C)C)C(=O)N(C)[C@@H](CC(C)C)C(=O)N[C@@H](C)C(=O)N[C@H](C)C(=O)N(C)[C@@H](CC(C)C)C(=O)N(C)[C@@H](CC(C)C)C(=O)N(C)[C@@H](C(C)C)C(=O)N(C)[C@@H](C(=O)[C@H](C)CC=CC)C(=O)N[C@@H](CC)C(=O)N(C)CC(=O)N1C. The van der Waals surface area contributed by atoms with E-state index in [-0.39, 0.29) is 62.9 Å². The lowest BCUT2D eigenvalue weighted by atomic mass is 9.92. The monoisotopic (exact) mass is 1260 g/mol. The number of nitrogens with zero attached hydrogens (tertiary/aromatic N) is 7. The van der Waals surface area contributed by atoms with Crippen LogP contribution in [-0.4, -0.2) is 234 Å². The van der Waals surface area contributed by atoms with Crippen LogP contribution in [0.5, 0.6) is 0 Å². The van der Waals surface area contributed by atoms with Gasteiger partial charge < -0.3 is 60.3 Å². The van der Waals surface area contributed by atoms with E-state index in [9.17, 15) is 47.9 Å². The second kappa shape index (κ2) is 36.2. The van der Waals surface area contributed by atoms with Gasteiger partial charge in [-0.25, -0.2) is 0 Å². The molecule has 0 spiro atoms. The predicted octanol–water partition coefficient (Wildman–Crippen LogP) is 3.80. The molecule has 1 aliphatic heterocycles. The number of nitrogens with one attached hydrogen (secondary N) is 4. The van der Waals surface area contributed by atoms with Gasteiger partial charge in [0.1, 0.15) is 54.4 Å². The van der Waals surface area contributed by atoms with Crippen LogP contribution in [0.3, 0.4) is 0 Å².